The molecular formula is C21H23F3N2O3S. The smallest absolute Gasteiger partial charge is 0.377 e. The van der Waals surface area contributed by atoms with Crippen LogP contribution in [0, 0.1) is 5.92 Å². The minimum absolute atomic E-state index is 0.0122. The number of benzene rings is 2. The molecule has 30 heavy (non-hydrogen) atoms. The lowest BCUT2D eigenvalue weighted by molar-refractivity contribution is -0.136. The lowest BCUT2D eigenvalue weighted by Gasteiger charge is -2.30. The number of rotatable bonds is 6. The molecule has 9 heteroatoms. The van der Waals surface area contributed by atoms with Crippen LogP contribution >= 0.6 is 0 Å². The number of piperidine rings is 1. The van der Waals surface area contributed by atoms with Crippen LogP contribution < -0.4 is 5.32 Å². The third-order valence-corrected chi connectivity index (χ3v) is 6.95. The topological polar surface area (TPSA) is 66.5 Å². The van der Waals surface area contributed by atoms with Crippen molar-refractivity contribution in [1.29, 1.82) is 0 Å². The van der Waals surface area contributed by atoms with E-state index in [0.29, 0.717) is 13.1 Å². The predicted molar refractivity (Wildman–Crippen MR) is 108 cm³/mol. The van der Waals surface area contributed by atoms with Crippen molar-refractivity contribution in [1.82, 2.24) is 4.31 Å². The number of carbonyl (C=O) groups is 1. The molecule has 0 bridgehead atoms. The van der Waals surface area contributed by atoms with E-state index in [4.69, 9.17) is 0 Å². The summed E-state index contributed by atoms with van der Waals surface area (Å²) >= 11 is 0. The number of carbonyl (C=O) groups excluding carboxylic acids is 1. The first-order valence-corrected chi connectivity index (χ1v) is 11.1. The van der Waals surface area contributed by atoms with Gasteiger partial charge < -0.3 is 5.32 Å². The number of sulfonamides is 1. The minimum Gasteiger partial charge on any atom is -0.377 e. The molecule has 2 aromatic rings. The van der Waals surface area contributed by atoms with Gasteiger partial charge in [-0.15, -0.1) is 0 Å². The van der Waals surface area contributed by atoms with Crippen LogP contribution in [0.2, 0.25) is 0 Å². The summed E-state index contributed by atoms with van der Waals surface area (Å²) in [6.45, 7) is 2.46. The molecule has 2 aromatic carbocycles. The number of para-hydroxylation sites is 1. The van der Waals surface area contributed by atoms with Crippen molar-refractivity contribution in [2.75, 3.05) is 25.0 Å². The van der Waals surface area contributed by atoms with E-state index in [0.717, 1.165) is 18.9 Å². The average Bonchev–Trinajstić information content (AvgIpc) is 2.71. The number of Topliss-reactive ketones (excluding diaryl/α,β-unsaturated/α-hetero) is 1. The zero-order valence-electron chi connectivity index (χ0n) is 16.4. The third-order valence-electron chi connectivity index (χ3n) is 5.09. The maximum absolute atomic E-state index is 13.1. The normalized spacial score (nSPS) is 18.2. The van der Waals surface area contributed by atoms with E-state index in [9.17, 15) is 26.4 Å². The van der Waals surface area contributed by atoms with Crippen LogP contribution in [0.25, 0.3) is 0 Å². The monoisotopic (exact) mass is 440 g/mol. The first-order chi connectivity index (χ1) is 14.1. The molecule has 1 atom stereocenters. The number of halogens is 3. The summed E-state index contributed by atoms with van der Waals surface area (Å²) in [5, 5.41) is 2.52. The summed E-state index contributed by atoms with van der Waals surface area (Å²) in [5.41, 5.74) is -0.948. The van der Waals surface area contributed by atoms with Crippen molar-refractivity contribution in [3.05, 3.63) is 59.7 Å². The highest BCUT2D eigenvalue weighted by atomic mass is 32.2. The molecule has 1 fully saturated rings. The van der Waals surface area contributed by atoms with E-state index < -0.39 is 34.1 Å². The van der Waals surface area contributed by atoms with Gasteiger partial charge in [0.2, 0.25) is 10.0 Å². The van der Waals surface area contributed by atoms with Crippen molar-refractivity contribution >= 4 is 21.5 Å². The zero-order chi connectivity index (χ0) is 21.9. The fourth-order valence-corrected chi connectivity index (χ4v) is 5.15. The molecule has 1 aliphatic rings. The molecule has 0 radical (unpaired) electrons. The van der Waals surface area contributed by atoms with Gasteiger partial charge in [-0.05, 0) is 43.0 Å². The average molecular weight is 440 g/mol. The van der Waals surface area contributed by atoms with Gasteiger partial charge in [0.25, 0.3) is 0 Å². The number of alkyl halides is 3. The van der Waals surface area contributed by atoms with E-state index in [1.54, 1.807) is 0 Å². The molecule has 1 N–H and O–H groups in total. The van der Waals surface area contributed by atoms with E-state index in [-0.39, 0.29) is 22.1 Å². The SMILES string of the molecule is CC1CCCN(S(=O)(=O)c2cccc(C(=O)CNc3ccccc3C(F)(F)F)c2)C1. The summed E-state index contributed by atoms with van der Waals surface area (Å²) in [4.78, 5) is 12.5. The summed E-state index contributed by atoms with van der Waals surface area (Å²) in [6, 6.07) is 10.5. The molecule has 0 amide bonds. The van der Waals surface area contributed by atoms with Crippen LogP contribution in [0.5, 0.6) is 0 Å². The van der Waals surface area contributed by atoms with Crippen molar-refractivity contribution in [3.63, 3.8) is 0 Å². The minimum atomic E-state index is -4.55. The summed E-state index contributed by atoms with van der Waals surface area (Å²) in [7, 11) is -3.73. The molecule has 3 rings (SSSR count). The lowest BCUT2D eigenvalue weighted by atomic mass is 10.0. The van der Waals surface area contributed by atoms with Crippen molar-refractivity contribution < 1.29 is 26.4 Å². The highest BCUT2D eigenvalue weighted by Crippen LogP contribution is 2.34. The first-order valence-electron chi connectivity index (χ1n) is 9.62. The van der Waals surface area contributed by atoms with Gasteiger partial charge >= 0.3 is 6.18 Å². The number of nitrogens with one attached hydrogen (secondary N) is 1. The second kappa shape index (κ2) is 8.77. The molecule has 1 saturated heterocycles. The number of anilines is 1. The van der Waals surface area contributed by atoms with E-state index in [1.165, 1.54) is 46.8 Å². The standard InChI is InChI=1S/C21H23F3N2O3S/c1-15-6-5-11-26(14-15)30(28,29)17-8-4-7-16(12-17)20(27)13-25-19-10-3-2-9-18(19)21(22,23)24/h2-4,7-10,12,15,25H,5-6,11,13-14H2,1H3. The lowest BCUT2D eigenvalue weighted by Crippen LogP contribution is -2.39. The first kappa shape index (κ1) is 22.3. The Morgan fingerprint density at radius 2 is 1.90 bits per heavy atom. The van der Waals surface area contributed by atoms with Gasteiger partial charge in [-0.1, -0.05) is 31.2 Å². The van der Waals surface area contributed by atoms with Gasteiger partial charge in [0.15, 0.2) is 5.78 Å². The fourth-order valence-electron chi connectivity index (χ4n) is 3.51. The second-order valence-corrected chi connectivity index (χ2v) is 9.40. The number of hydrogen-bond acceptors (Lipinski definition) is 4. The van der Waals surface area contributed by atoms with Crippen LogP contribution in [0.15, 0.2) is 53.4 Å². The van der Waals surface area contributed by atoms with Crippen molar-refractivity contribution in [2.24, 2.45) is 5.92 Å². The van der Waals surface area contributed by atoms with Gasteiger partial charge in [-0.25, -0.2) is 8.42 Å². The van der Waals surface area contributed by atoms with Crippen molar-refractivity contribution in [2.45, 2.75) is 30.8 Å². The maximum Gasteiger partial charge on any atom is 0.418 e. The molecule has 0 aliphatic carbocycles. The zero-order valence-corrected chi connectivity index (χ0v) is 17.3. The maximum atomic E-state index is 13.1. The van der Waals surface area contributed by atoms with Gasteiger partial charge in [0.1, 0.15) is 0 Å². The Kier molecular flexibility index (Phi) is 6.52. The highest BCUT2D eigenvalue weighted by molar-refractivity contribution is 7.89. The molecule has 1 heterocycles. The molecule has 0 aromatic heterocycles. The molecule has 1 unspecified atom stereocenters. The Bertz CT molecular complexity index is 1020. The molecule has 1 aliphatic heterocycles. The summed E-state index contributed by atoms with van der Waals surface area (Å²) in [6.07, 6.45) is -2.80. The Morgan fingerprint density at radius 3 is 2.60 bits per heavy atom. The summed E-state index contributed by atoms with van der Waals surface area (Å²) < 4.78 is 66.5. The van der Waals surface area contributed by atoms with Crippen LogP contribution in [-0.2, 0) is 16.2 Å². The van der Waals surface area contributed by atoms with Crippen LogP contribution in [-0.4, -0.2) is 38.1 Å². The van der Waals surface area contributed by atoms with E-state index in [2.05, 4.69) is 5.32 Å². The number of nitrogens with zero attached hydrogens (tertiary/aromatic N) is 1. The molecular weight excluding hydrogens is 417 g/mol. The summed E-state index contributed by atoms with van der Waals surface area (Å²) in [5.74, 6) is -0.243. The van der Waals surface area contributed by atoms with E-state index >= 15 is 0 Å². The Hall–Kier alpha value is -2.39. The van der Waals surface area contributed by atoms with Crippen LogP contribution in [0.4, 0.5) is 18.9 Å². The quantitative estimate of drug-likeness (QED) is 0.676. The third kappa shape index (κ3) is 5.02. The Morgan fingerprint density at radius 1 is 1.17 bits per heavy atom. The predicted octanol–water partition coefficient (Wildman–Crippen LogP) is 4.42. The molecule has 5 nitrogen and oxygen atoms in total. The Labute approximate surface area is 173 Å². The molecule has 162 valence electrons. The van der Waals surface area contributed by atoms with Crippen molar-refractivity contribution in [3.8, 4) is 0 Å². The van der Waals surface area contributed by atoms with Gasteiger partial charge in [-0.2, -0.15) is 17.5 Å². The van der Waals surface area contributed by atoms with Gasteiger partial charge in [0, 0.05) is 24.3 Å². The van der Waals surface area contributed by atoms with E-state index in [1.807, 2.05) is 6.92 Å². The molecule has 0 saturated carbocycles. The number of hydrogen-bond donors (Lipinski definition) is 1. The fraction of sp³-hybridized carbons (Fsp3) is 0.381. The number of ketones is 1. The van der Waals surface area contributed by atoms with Gasteiger partial charge in [-0.3, -0.25) is 4.79 Å². The second-order valence-electron chi connectivity index (χ2n) is 7.46. The van der Waals surface area contributed by atoms with Crippen LogP contribution in [0.1, 0.15) is 35.7 Å². The van der Waals surface area contributed by atoms with Crippen LogP contribution in [0.3, 0.4) is 0 Å². The Balaban J connectivity index is 1.76. The largest absolute Gasteiger partial charge is 0.418 e. The molecule has 0 spiro atoms. The highest BCUT2D eigenvalue weighted by Gasteiger charge is 2.33. The van der Waals surface area contributed by atoms with Gasteiger partial charge in [0.05, 0.1) is 17.0 Å².